The van der Waals surface area contributed by atoms with Crippen molar-refractivity contribution >= 4 is 28.3 Å². The van der Waals surface area contributed by atoms with Crippen LogP contribution in [-0.2, 0) is 7.05 Å². The zero-order valence-electron chi connectivity index (χ0n) is 19.3. The monoisotopic (exact) mass is 481 g/mol. The molecule has 34 heavy (non-hydrogen) atoms. The minimum absolute atomic E-state index is 0.00322. The summed E-state index contributed by atoms with van der Waals surface area (Å²) < 4.78 is 21.3. The number of hydrogen-bond donors (Lipinski definition) is 0. The Morgan fingerprint density at radius 2 is 2.12 bits per heavy atom. The third-order valence-electron chi connectivity index (χ3n) is 7.00. The van der Waals surface area contributed by atoms with Crippen molar-refractivity contribution in [3.05, 3.63) is 62.8 Å². The molecule has 0 radical (unpaired) electrons. The van der Waals surface area contributed by atoms with Crippen LogP contribution in [-0.4, -0.2) is 46.2 Å². The smallest absolute Gasteiger partial charge is 0.295 e. The highest BCUT2D eigenvalue weighted by Gasteiger charge is 2.41. The van der Waals surface area contributed by atoms with Gasteiger partial charge in [0.2, 0.25) is 5.75 Å². The molecule has 0 saturated carbocycles. The van der Waals surface area contributed by atoms with Gasteiger partial charge in [-0.15, -0.1) is 0 Å². The summed E-state index contributed by atoms with van der Waals surface area (Å²) in [6, 6.07) is 10.6. The SMILES string of the molecule is CCC(c1ccc(F)c(Cl)c1)N1C[C@H]2COc3c(c4nc(C#N)ccc4n(C)c3=O)N2C[C@H]1C. The summed E-state index contributed by atoms with van der Waals surface area (Å²) in [4.78, 5) is 22.2. The number of nitrogens with zero attached hydrogens (tertiary/aromatic N) is 5. The molecule has 1 saturated heterocycles. The van der Waals surface area contributed by atoms with Crippen molar-refractivity contribution in [3.63, 3.8) is 0 Å². The molecular formula is C25H25ClFN5O2. The number of rotatable bonds is 3. The van der Waals surface area contributed by atoms with Crippen LogP contribution in [0.1, 0.15) is 37.6 Å². The van der Waals surface area contributed by atoms with Crippen LogP contribution in [0.15, 0.2) is 35.1 Å². The van der Waals surface area contributed by atoms with Crippen LogP contribution in [0.25, 0.3) is 11.0 Å². The topological polar surface area (TPSA) is 74.4 Å². The summed E-state index contributed by atoms with van der Waals surface area (Å²) in [5.41, 5.74) is 2.98. The molecule has 7 nitrogen and oxygen atoms in total. The summed E-state index contributed by atoms with van der Waals surface area (Å²) in [7, 11) is 1.69. The molecule has 1 unspecified atom stereocenters. The van der Waals surface area contributed by atoms with Gasteiger partial charge in [-0.3, -0.25) is 9.69 Å². The molecule has 4 heterocycles. The van der Waals surface area contributed by atoms with E-state index in [9.17, 15) is 14.4 Å². The number of pyridine rings is 2. The Morgan fingerprint density at radius 1 is 1.32 bits per heavy atom. The molecule has 0 aliphatic carbocycles. The van der Waals surface area contributed by atoms with Gasteiger partial charge in [0.1, 0.15) is 35.4 Å². The molecule has 176 valence electrons. The molecule has 3 atom stereocenters. The van der Waals surface area contributed by atoms with Gasteiger partial charge in [0.15, 0.2) is 0 Å². The molecular weight excluding hydrogens is 457 g/mol. The molecule has 1 fully saturated rings. The van der Waals surface area contributed by atoms with Gasteiger partial charge in [0.25, 0.3) is 5.56 Å². The standard InChI is InChI=1S/C25H25ClFN5O2/c1-4-20(15-5-7-19(27)18(26)9-15)31-12-17-13-34-24-23(32(17)11-14(31)2)22-21(30(3)25(24)33)8-6-16(10-28)29-22/h5-9,14,17,20H,4,11-13H2,1-3H3/t14-,17+,20?/m1/s1. The first kappa shape index (κ1) is 22.6. The van der Waals surface area contributed by atoms with Crippen LogP contribution in [0.5, 0.6) is 5.75 Å². The highest BCUT2D eigenvalue weighted by Crippen LogP contribution is 2.41. The summed E-state index contributed by atoms with van der Waals surface area (Å²) in [5.74, 6) is -0.139. The number of piperazine rings is 1. The molecule has 5 rings (SSSR count). The first-order valence-corrected chi connectivity index (χ1v) is 11.8. The summed E-state index contributed by atoms with van der Waals surface area (Å²) in [6.07, 6.45) is 0.840. The molecule has 0 N–H and O–H groups in total. The Hall–Kier alpha value is -3.15. The fourth-order valence-corrected chi connectivity index (χ4v) is 5.49. The maximum Gasteiger partial charge on any atom is 0.295 e. The van der Waals surface area contributed by atoms with Crippen molar-refractivity contribution in [1.29, 1.82) is 5.26 Å². The summed E-state index contributed by atoms with van der Waals surface area (Å²) >= 11 is 6.08. The number of anilines is 1. The van der Waals surface area contributed by atoms with E-state index in [1.807, 2.05) is 0 Å². The van der Waals surface area contributed by atoms with Crippen LogP contribution in [0, 0.1) is 17.1 Å². The number of aromatic nitrogens is 2. The highest BCUT2D eigenvalue weighted by atomic mass is 35.5. The van der Waals surface area contributed by atoms with E-state index in [1.165, 1.54) is 10.6 Å². The number of halogens is 2. The third-order valence-corrected chi connectivity index (χ3v) is 7.29. The molecule has 2 aliphatic rings. The zero-order valence-corrected chi connectivity index (χ0v) is 20.0. The zero-order chi connectivity index (χ0) is 24.1. The summed E-state index contributed by atoms with van der Waals surface area (Å²) in [5, 5.41) is 9.53. The van der Waals surface area contributed by atoms with E-state index in [0.717, 1.165) is 12.0 Å². The van der Waals surface area contributed by atoms with E-state index in [1.54, 1.807) is 31.3 Å². The van der Waals surface area contributed by atoms with Gasteiger partial charge < -0.3 is 14.2 Å². The van der Waals surface area contributed by atoms with Crippen molar-refractivity contribution in [2.24, 2.45) is 7.05 Å². The predicted molar refractivity (Wildman–Crippen MR) is 129 cm³/mol. The van der Waals surface area contributed by atoms with Gasteiger partial charge >= 0.3 is 0 Å². The molecule has 2 aliphatic heterocycles. The Kier molecular flexibility index (Phi) is 5.70. The van der Waals surface area contributed by atoms with Gasteiger partial charge in [0, 0.05) is 32.2 Å². The van der Waals surface area contributed by atoms with Crippen molar-refractivity contribution < 1.29 is 9.13 Å². The molecule has 0 spiro atoms. The Morgan fingerprint density at radius 3 is 2.82 bits per heavy atom. The average molecular weight is 482 g/mol. The lowest BCUT2D eigenvalue weighted by molar-refractivity contribution is 0.0823. The number of benzene rings is 1. The molecule has 3 aromatic rings. The highest BCUT2D eigenvalue weighted by molar-refractivity contribution is 6.30. The Bertz CT molecular complexity index is 1380. The van der Waals surface area contributed by atoms with Crippen molar-refractivity contribution in [1.82, 2.24) is 14.5 Å². The number of nitriles is 1. The lowest BCUT2D eigenvalue weighted by atomic mass is 9.96. The van der Waals surface area contributed by atoms with Gasteiger partial charge in [-0.2, -0.15) is 5.26 Å². The number of aryl methyl sites for hydroxylation is 1. The minimum atomic E-state index is -0.423. The maximum absolute atomic E-state index is 13.8. The lowest BCUT2D eigenvalue weighted by Gasteiger charge is -2.50. The number of ether oxygens (including phenoxy) is 1. The fourth-order valence-electron chi connectivity index (χ4n) is 5.30. The van der Waals surface area contributed by atoms with Crippen molar-refractivity contribution in [3.8, 4) is 11.8 Å². The quantitative estimate of drug-likeness (QED) is 0.562. The van der Waals surface area contributed by atoms with Gasteiger partial charge in [-0.25, -0.2) is 9.37 Å². The van der Waals surface area contributed by atoms with E-state index < -0.39 is 5.82 Å². The normalized spacial score (nSPS) is 20.9. The van der Waals surface area contributed by atoms with Gasteiger partial charge in [0.05, 0.1) is 16.6 Å². The molecule has 1 aromatic carbocycles. The van der Waals surface area contributed by atoms with E-state index >= 15 is 0 Å². The van der Waals surface area contributed by atoms with Gasteiger partial charge in [-0.05, 0) is 43.2 Å². The van der Waals surface area contributed by atoms with Crippen LogP contribution in [0.2, 0.25) is 5.02 Å². The minimum Gasteiger partial charge on any atom is -0.484 e. The van der Waals surface area contributed by atoms with Crippen molar-refractivity contribution in [2.75, 3.05) is 24.6 Å². The molecule has 0 amide bonds. The first-order chi connectivity index (χ1) is 16.3. The number of fused-ring (bicyclic) bond motifs is 5. The lowest BCUT2D eigenvalue weighted by Crippen LogP contribution is -2.61. The van der Waals surface area contributed by atoms with E-state index in [2.05, 4.69) is 34.7 Å². The van der Waals surface area contributed by atoms with E-state index in [-0.39, 0.29) is 34.5 Å². The largest absolute Gasteiger partial charge is 0.484 e. The van der Waals surface area contributed by atoms with Crippen LogP contribution in [0.4, 0.5) is 10.1 Å². The average Bonchev–Trinajstić information content (AvgIpc) is 2.84. The number of hydrogen-bond acceptors (Lipinski definition) is 6. The molecule has 2 aromatic heterocycles. The van der Waals surface area contributed by atoms with Crippen molar-refractivity contribution in [2.45, 2.75) is 38.4 Å². The van der Waals surface area contributed by atoms with Crippen LogP contribution >= 0.6 is 11.6 Å². The van der Waals surface area contributed by atoms with E-state index in [4.69, 9.17) is 16.3 Å². The van der Waals surface area contributed by atoms with Gasteiger partial charge in [-0.1, -0.05) is 24.6 Å². The Labute approximate surface area is 201 Å². The Balaban J connectivity index is 1.56. The van der Waals surface area contributed by atoms with Crippen LogP contribution < -0.4 is 15.2 Å². The van der Waals surface area contributed by atoms with Crippen LogP contribution in [0.3, 0.4) is 0 Å². The second-order valence-electron chi connectivity index (χ2n) is 8.98. The second-order valence-corrected chi connectivity index (χ2v) is 9.39. The third kappa shape index (κ3) is 3.51. The predicted octanol–water partition coefficient (Wildman–Crippen LogP) is 4.02. The summed E-state index contributed by atoms with van der Waals surface area (Å²) in [6.45, 7) is 5.99. The molecule has 9 heteroatoms. The van der Waals surface area contributed by atoms with E-state index in [0.29, 0.717) is 42.1 Å². The second kappa shape index (κ2) is 8.57. The fraction of sp³-hybridized carbons (Fsp3) is 0.400. The first-order valence-electron chi connectivity index (χ1n) is 11.4. The maximum atomic E-state index is 13.8. The molecule has 0 bridgehead atoms.